The van der Waals surface area contributed by atoms with Gasteiger partial charge in [-0.1, -0.05) is 18.9 Å². The fraction of sp³-hybridized carbons (Fsp3) is 0.667. The summed E-state index contributed by atoms with van der Waals surface area (Å²) < 4.78 is 33.0. The topological polar surface area (TPSA) is 80.2 Å². The Morgan fingerprint density at radius 1 is 1.14 bits per heavy atom. The van der Waals surface area contributed by atoms with Gasteiger partial charge in [0, 0.05) is 18.7 Å². The number of morpholine rings is 1. The number of rotatable bonds is 6. The first-order chi connectivity index (χ1) is 13.8. The van der Waals surface area contributed by atoms with Crippen molar-refractivity contribution in [3.8, 4) is 0 Å². The van der Waals surface area contributed by atoms with Crippen molar-refractivity contribution in [3.63, 3.8) is 0 Å². The van der Waals surface area contributed by atoms with Crippen LogP contribution in [0.2, 0.25) is 0 Å². The van der Waals surface area contributed by atoms with E-state index in [1.54, 1.807) is 22.5 Å². The Balaban J connectivity index is 1.67. The Hall–Kier alpha value is -1.48. The summed E-state index contributed by atoms with van der Waals surface area (Å²) in [5.74, 6) is -0.237. The van der Waals surface area contributed by atoms with Gasteiger partial charge in [0.2, 0.25) is 10.0 Å². The molecule has 0 aliphatic carbocycles. The molecular formula is C21H34N3O4S+. The maximum atomic E-state index is 13.0. The van der Waals surface area contributed by atoms with Crippen LogP contribution >= 0.6 is 0 Å². The van der Waals surface area contributed by atoms with Crippen molar-refractivity contribution in [3.05, 3.63) is 29.8 Å². The molecule has 2 N–H and O–H groups in total. The second-order valence-corrected chi connectivity index (χ2v) is 10.6. The first kappa shape index (κ1) is 22.2. The fourth-order valence-corrected chi connectivity index (χ4v) is 5.62. The first-order valence-electron chi connectivity index (χ1n) is 10.6. The number of hydrogen-bond donors (Lipinski definition) is 2. The molecule has 162 valence electrons. The van der Waals surface area contributed by atoms with Crippen LogP contribution in [-0.4, -0.2) is 70.1 Å². The van der Waals surface area contributed by atoms with Crippen LogP contribution in [0.3, 0.4) is 0 Å². The molecule has 0 saturated carbocycles. The molecule has 2 aliphatic rings. The predicted octanol–water partition coefficient (Wildman–Crippen LogP) is 0.675. The van der Waals surface area contributed by atoms with E-state index in [9.17, 15) is 13.2 Å². The number of nitrogens with zero attached hydrogens (tertiary/aromatic N) is 1. The number of nitrogens with one attached hydrogen (secondary N) is 2. The van der Waals surface area contributed by atoms with Gasteiger partial charge in [-0.25, -0.2) is 8.42 Å². The Morgan fingerprint density at radius 2 is 1.79 bits per heavy atom. The summed E-state index contributed by atoms with van der Waals surface area (Å²) in [4.78, 5) is 14.3. The van der Waals surface area contributed by atoms with Gasteiger partial charge in [0.15, 0.2) is 0 Å². The summed E-state index contributed by atoms with van der Waals surface area (Å²) >= 11 is 0. The van der Waals surface area contributed by atoms with Gasteiger partial charge >= 0.3 is 0 Å². The van der Waals surface area contributed by atoms with E-state index in [0.29, 0.717) is 25.2 Å². The van der Waals surface area contributed by atoms with Crippen LogP contribution in [0.4, 0.5) is 0 Å². The van der Waals surface area contributed by atoms with Gasteiger partial charge in [-0.3, -0.25) is 4.79 Å². The highest BCUT2D eigenvalue weighted by atomic mass is 32.2. The molecule has 0 spiro atoms. The molecule has 1 aromatic carbocycles. The minimum atomic E-state index is -3.57. The molecule has 7 nitrogen and oxygen atoms in total. The number of quaternary nitrogens is 1. The van der Waals surface area contributed by atoms with Crippen molar-refractivity contribution >= 4 is 15.9 Å². The summed E-state index contributed by atoms with van der Waals surface area (Å²) in [6.07, 6.45) is 3.90. The zero-order valence-electron chi connectivity index (χ0n) is 17.6. The number of benzene rings is 1. The third-order valence-electron chi connectivity index (χ3n) is 6.04. The molecule has 0 atom stereocenters. The molecule has 2 saturated heterocycles. The van der Waals surface area contributed by atoms with Gasteiger partial charge in [0.1, 0.15) is 18.6 Å². The summed E-state index contributed by atoms with van der Waals surface area (Å²) in [6.45, 7) is 9.21. The first-order valence-corrected chi connectivity index (χ1v) is 12.1. The average Bonchev–Trinajstić information content (AvgIpc) is 3.03. The minimum Gasteiger partial charge on any atom is -0.370 e. The standard InChI is InChI=1S/C21H33N3O4S/c1-21(2,23-12-14-28-15-13-23)17-22-20(25)18-8-7-9-19(16-18)29(26,27)24-10-5-3-4-6-11-24/h7-9,16H,3-6,10-15,17H2,1-2H3,(H,22,25)/p+1. The lowest BCUT2D eigenvalue weighted by atomic mass is 10.0. The third-order valence-corrected chi connectivity index (χ3v) is 7.94. The van der Waals surface area contributed by atoms with Crippen molar-refractivity contribution in [2.45, 2.75) is 50.0 Å². The average molecular weight is 425 g/mol. The highest BCUT2D eigenvalue weighted by molar-refractivity contribution is 7.89. The zero-order chi connectivity index (χ0) is 20.9. The Kier molecular flexibility index (Phi) is 7.32. The largest absolute Gasteiger partial charge is 0.370 e. The molecule has 0 unspecified atom stereocenters. The monoisotopic (exact) mass is 424 g/mol. The van der Waals surface area contributed by atoms with Gasteiger partial charge in [-0.2, -0.15) is 4.31 Å². The van der Waals surface area contributed by atoms with Crippen molar-refractivity contribution < 1.29 is 22.8 Å². The van der Waals surface area contributed by atoms with Gasteiger partial charge in [0.25, 0.3) is 5.91 Å². The molecule has 8 heteroatoms. The van der Waals surface area contributed by atoms with Crippen LogP contribution < -0.4 is 10.2 Å². The number of carbonyl (C=O) groups is 1. The van der Waals surface area contributed by atoms with Gasteiger partial charge in [-0.05, 0) is 44.9 Å². The normalized spacial score (nSPS) is 20.2. The lowest BCUT2D eigenvalue weighted by Gasteiger charge is -2.37. The molecular weight excluding hydrogens is 390 g/mol. The number of ether oxygens (including phenoxy) is 1. The van der Waals surface area contributed by atoms with Gasteiger partial charge in [0.05, 0.1) is 24.7 Å². The molecule has 2 aliphatic heterocycles. The fourth-order valence-electron chi connectivity index (χ4n) is 4.05. The SMILES string of the molecule is CC(C)(CNC(=O)c1cccc(S(=O)(=O)N2CCCCCC2)c1)[NH+]1CCOCC1. The van der Waals surface area contributed by atoms with E-state index in [2.05, 4.69) is 19.2 Å². The highest BCUT2D eigenvalue weighted by Gasteiger charge is 2.33. The number of carbonyl (C=O) groups excluding carboxylic acids is 1. The third kappa shape index (κ3) is 5.57. The lowest BCUT2D eigenvalue weighted by Crippen LogP contribution is -3.22. The maximum absolute atomic E-state index is 13.0. The maximum Gasteiger partial charge on any atom is 0.251 e. The Bertz CT molecular complexity index is 796. The van der Waals surface area contributed by atoms with E-state index in [-0.39, 0.29) is 16.3 Å². The molecule has 0 aromatic heterocycles. The van der Waals surface area contributed by atoms with E-state index >= 15 is 0 Å². The van der Waals surface area contributed by atoms with Gasteiger partial charge in [-0.15, -0.1) is 0 Å². The van der Waals surface area contributed by atoms with Crippen LogP contribution in [0.25, 0.3) is 0 Å². The molecule has 2 heterocycles. The van der Waals surface area contributed by atoms with Crippen molar-refractivity contribution in [2.24, 2.45) is 0 Å². The Labute approximate surface area is 174 Å². The van der Waals surface area contributed by atoms with Crippen molar-refractivity contribution in [2.75, 3.05) is 45.9 Å². The summed E-state index contributed by atoms with van der Waals surface area (Å²) in [7, 11) is -3.57. The zero-order valence-corrected chi connectivity index (χ0v) is 18.4. The summed E-state index contributed by atoms with van der Waals surface area (Å²) in [6, 6.07) is 6.41. The molecule has 3 rings (SSSR count). The molecule has 1 aromatic rings. The van der Waals surface area contributed by atoms with E-state index in [4.69, 9.17) is 4.74 Å². The van der Waals surface area contributed by atoms with Crippen LogP contribution in [0.1, 0.15) is 49.9 Å². The second-order valence-electron chi connectivity index (χ2n) is 8.63. The van der Waals surface area contributed by atoms with E-state index < -0.39 is 10.0 Å². The van der Waals surface area contributed by atoms with E-state index in [0.717, 1.165) is 52.0 Å². The molecule has 0 radical (unpaired) electrons. The molecule has 1 amide bonds. The van der Waals surface area contributed by atoms with Gasteiger partial charge < -0.3 is 15.0 Å². The van der Waals surface area contributed by atoms with Crippen molar-refractivity contribution in [1.82, 2.24) is 9.62 Å². The molecule has 29 heavy (non-hydrogen) atoms. The van der Waals surface area contributed by atoms with Crippen LogP contribution in [0.5, 0.6) is 0 Å². The molecule has 2 fully saturated rings. The second kappa shape index (κ2) is 9.55. The quantitative estimate of drug-likeness (QED) is 0.704. The molecule has 0 bridgehead atoms. The van der Waals surface area contributed by atoms with Crippen LogP contribution in [0.15, 0.2) is 29.2 Å². The van der Waals surface area contributed by atoms with Crippen LogP contribution in [-0.2, 0) is 14.8 Å². The smallest absolute Gasteiger partial charge is 0.251 e. The number of sulfonamides is 1. The Morgan fingerprint density at radius 3 is 2.45 bits per heavy atom. The predicted molar refractivity (Wildman–Crippen MR) is 112 cm³/mol. The lowest BCUT2D eigenvalue weighted by molar-refractivity contribution is -0.954. The summed E-state index contributed by atoms with van der Waals surface area (Å²) in [5.41, 5.74) is 0.267. The number of hydrogen-bond acceptors (Lipinski definition) is 4. The van der Waals surface area contributed by atoms with Crippen LogP contribution in [0, 0.1) is 0 Å². The summed E-state index contributed by atoms with van der Waals surface area (Å²) in [5, 5.41) is 3.00. The van der Waals surface area contributed by atoms with Crippen molar-refractivity contribution in [1.29, 1.82) is 0 Å². The van der Waals surface area contributed by atoms with E-state index in [1.807, 2.05) is 0 Å². The highest BCUT2D eigenvalue weighted by Crippen LogP contribution is 2.21. The number of amides is 1. The minimum absolute atomic E-state index is 0.116. The van der Waals surface area contributed by atoms with E-state index in [1.165, 1.54) is 11.0 Å².